The summed E-state index contributed by atoms with van der Waals surface area (Å²) in [5.74, 6) is -0.566. The van der Waals surface area contributed by atoms with Crippen molar-refractivity contribution in [1.29, 1.82) is 0 Å². The number of benzene rings is 2. The van der Waals surface area contributed by atoms with Gasteiger partial charge >= 0.3 is 6.09 Å². The normalized spacial score (nSPS) is 13.2. The SMILES string of the molecule is CCCCCCN(C(=O)C(Cc1ccccc1)NC(=O)OC(C)(C)C)C(C(=O)NC(C)(C)C)c1ccc(C)c(C)c1. The van der Waals surface area contributed by atoms with Crippen LogP contribution >= 0.6 is 0 Å². The zero-order chi connectivity index (χ0) is 30.8. The van der Waals surface area contributed by atoms with E-state index in [1.54, 1.807) is 25.7 Å². The Hall–Kier alpha value is -3.35. The molecule has 0 aromatic heterocycles. The van der Waals surface area contributed by atoms with Crippen LogP contribution in [0.25, 0.3) is 0 Å². The topological polar surface area (TPSA) is 87.7 Å². The minimum absolute atomic E-state index is 0.250. The number of hydrogen-bond donors (Lipinski definition) is 2. The zero-order valence-corrected chi connectivity index (χ0v) is 26.6. The molecule has 7 heteroatoms. The van der Waals surface area contributed by atoms with E-state index < -0.39 is 29.3 Å². The summed E-state index contributed by atoms with van der Waals surface area (Å²) in [4.78, 5) is 43.1. The molecule has 0 radical (unpaired) electrons. The van der Waals surface area contributed by atoms with E-state index in [1.807, 2.05) is 83.1 Å². The molecule has 0 aliphatic carbocycles. The maximum atomic E-state index is 14.5. The largest absolute Gasteiger partial charge is 0.444 e. The highest BCUT2D eigenvalue weighted by molar-refractivity contribution is 5.92. The molecule has 0 saturated carbocycles. The minimum atomic E-state index is -0.921. The number of nitrogens with zero attached hydrogens (tertiary/aromatic N) is 1. The van der Waals surface area contributed by atoms with E-state index in [4.69, 9.17) is 4.74 Å². The fourth-order valence-corrected chi connectivity index (χ4v) is 4.62. The van der Waals surface area contributed by atoms with Crippen LogP contribution in [0.3, 0.4) is 0 Å². The van der Waals surface area contributed by atoms with Gasteiger partial charge in [0.05, 0.1) is 0 Å². The number of carbonyl (C=O) groups is 3. The lowest BCUT2D eigenvalue weighted by Crippen LogP contribution is -2.55. The van der Waals surface area contributed by atoms with Gasteiger partial charge in [-0.05, 0) is 84.1 Å². The molecule has 2 N–H and O–H groups in total. The third-order valence-electron chi connectivity index (χ3n) is 6.71. The lowest BCUT2D eigenvalue weighted by molar-refractivity contribution is -0.143. The van der Waals surface area contributed by atoms with Crippen molar-refractivity contribution in [2.45, 2.75) is 118 Å². The van der Waals surface area contributed by atoms with Gasteiger partial charge in [-0.2, -0.15) is 0 Å². The van der Waals surface area contributed by atoms with Gasteiger partial charge in [0, 0.05) is 18.5 Å². The van der Waals surface area contributed by atoms with Crippen LogP contribution in [-0.4, -0.2) is 46.5 Å². The predicted molar refractivity (Wildman–Crippen MR) is 166 cm³/mol. The van der Waals surface area contributed by atoms with Gasteiger partial charge in [0.2, 0.25) is 11.8 Å². The van der Waals surface area contributed by atoms with Crippen molar-refractivity contribution in [3.63, 3.8) is 0 Å². The molecule has 41 heavy (non-hydrogen) atoms. The third kappa shape index (κ3) is 11.6. The van der Waals surface area contributed by atoms with Crippen LogP contribution in [0.1, 0.15) is 102 Å². The van der Waals surface area contributed by atoms with Crippen molar-refractivity contribution in [1.82, 2.24) is 15.5 Å². The molecule has 2 atom stereocenters. The summed E-state index contributed by atoms with van der Waals surface area (Å²) in [5, 5.41) is 5.94. The molecule has 0 spiro atoms. The van der Waals surface area contributed by atoms with Gasteiger partial charge in [-0.3, -0.25) is 9.59 Å². The van der Waals surface area contributed by atoms with E-state index in [-0.39, 0.29) is 18.2 Å². The fourth-order valence-electron chi connectivity index (χ4n) is 4.62. The van der Waals surface area contributed by atoms with E-state index in [0.29, 0.717) is 6.54 Å². The van der Waals surface area contributed by atoms with Crippen molar-refractivity contribution in [3.05, 3.63) is 70.8 Å². The van der Waals surface area contributed by atoms with E-state index in [2.05, 4.69) is 17.6 Å². The van der Waals surface area contributed by atoms with Crippen LogP contribution in [0.5, 0.6) is 0 Å². The monoisotopic (exact) mass is 565 g/mol. The van der Waals surface area contributed by atoms with Gasteiger partial charge in [0.15, 0.2) is 0 Å². The van der Waals surface area contributed by atoms with Gasteiger partial charge in [-0.15, -0.1) is 0 Å². The molecule has 0 saturated heterocycles. The Morgan fingerprint density at radius 2 is 1.54 bits per heavy atom. The van der Waals surface area contributed by atoms with Crippen LogP contribution < -0.4 is 10.6 Å². The molecular formula is C34H51N3O4. The van der Waals surface area contributed by atoms with E-state index in [1.165, 1.54) is 0 Å². The smallest absolute Gasteiger partial charge is 0.408 e. The summed E-state index contributed by atoms with van der Waals surface area (Å²) in [6, 6.07) is 13.7. The molecule has 0 fully saturated rings. The summed E-state index contributed by atoms with van der Waals surface area (Å²) in [7, 11) is 0. The first-order valence-corrected chi connectivity index (χ1v) is 14.8. The Balaban J connectivity index is 2.60. The Bertz CT molecular complexity index is 1150. The number of amides is 3. The first kappa shape index (κ1) is 33.9. The van der Waals surface area contributed by atoms with Gasteiger partial charge in [-0.1, -0.05) is 74.7 Å². The lowest BCUT2D eigenvalue weighted by Gasteiger charge is -2.36. The van der Waals surface area contributed by atoms with Crippen LogP contribution in [-0.2, 0) is 20.7 Å². The maximum absolute atomic E-state index is 14.5. The van der Waals surface area contributed by atoms with Gasteiger partial charge in [0.25, 0.3) is 0 Å². The van der Waals surface area contributed by atoms with E-state index in [9.17, 15) is 14.4 Å². The maximum Gasteiger partial charge on any atom is 0.408 e. The van der Waals surface area contributed by atoms with Crippen molar-refractivity contribution >= 4 is 17.9 Å². The molecule has 0 aliphatic heterocycles. The van der Waals surface area contributed by atoms with Gasteiger partial charge < -0.3 is 20.3 Å². The molecule has 0 aliphatic rings. The fraction of sp³-hybridized carbons (Fsp3) is 0.559. The molecule has 3 amide bonds. The van der Waals surface area contributed by atoms with Crippen molar-refractivity contribution in [3.8, 4) is 0 Å². The third-order valence-corrected chi connectivity index (χ3v) is 6.71. The quantitative estimate of drug-likeness (QED) is 0.277. The standard InChI is InChI=1S/C34H51N3O4/c1-10-11-12-16-21-37(29(30(38)36-33(4,5)6)27-20-19-24(2)25(3)22-27)31(39)28(23-26-17-14-13-15-18-26)35-32(40)41-34(7,8)9/h13-15,17-20,22,28-29H,10-12,16,21,23H2,1-9H3,(H,35,40)(H,36,38). The van der Waals surface area contributed by atoms with Crippen molar-refractivity contribution < 1.29 is 19.1 Å². The summed E-state index contributed by atoms with van der Waals surface area (Å²) in [5.41, 5.74) is 2.58. The molecule has 2 rings (SSSR count). The highest BCUT2D eigenvalue weighted by Gasteiger charge is 2.37. The second kappa shape index (κ2) is 15.0. The molecule has 2 aromatic rings. The summed E-state index contributed by atoms with van der Waals surface area (Å²) in [6.45, 7) is 17.7. The second-order valence-electron chi connectivity index (χ2n) is 13.0. The zero-order valence-electron chi connectivity index (χ0n) is 26.6. The summed E-state index contributed by atoms with van der Waals surface area (Å²) in [6.07, 6.45) is 3.37. The van der Waals surface area contributed by atoms with Crippen LogP contribution in [0, 0.1) is 13.8 Å². The minimum Gasteiger partial charge on any atom is -0.444 e. The number of alkyl carbamates (subject to hydrolysis) is 1. The van der Waals surface area contributed by atoms with Crippen molar-refractivity contribution in [2.75, 3.05) is 6.54 Å². The molecular weight excluding hydrogens is 514 g/mol. The Kier molecular flexibility index (Phi) is 12.4. The van der Waals surface area contributed by atoms with Crippen molar-refractivity contribution in [2.24, 2.45) is 0 Å². The highest BCUT2D eigenvalue weighted by atomic mass is 16.6. The molecule has 226 valence electrons. The van der Waals surface area contributed by atoms with Gasteiger partial charge in [-0.25, -0.2) is 4.79 Å². The molecule has 0 bridgehead atoms. The average Bonchev–Trinajstić information content (AvgIpc) is 2.85. The first-order valence-electron chi connectivity index (χ1n) is 14.8. The molecule has 2 unspecified atom stereocenters. The van der Waals surface area contributed by atoms with Crippen LogP contribution in [0.2, 0.25) is 0 Å². The number of carbonyl (C=O) groups excluding carboxylic acids is 3. The molecule has 0 heterocycles. The lowest BCUT2D eigenvalue weighted by atomic mass is 9.96. The number of unbranched alkanes of at least 4 members (excludes halogenated alkanes) is 3. The first-order chi connectivity index (χ1) is 19.1. The highest BCUT2D eigenvalue weighted by Crippen LogP contribution is 2.27. The second-order valence-corrected chi connectivity index (χ2v) is 13.0. The van der Waals surface area contributed by atoms with Crippen LogP contribution in [0.4, 0.5) is 4.79 Å². The Labute approximate surface area is 247 Å². The number of rotatable bonds is 12. The van der Waals surface area contributed by atoms with Gasteiger partial charge in [0.1, 0.15) is 17.7 Å². The summed E-state index contributed by atoms with van der Waals surface area (Å²) < 4.78 is 5.54. The van der Waals surface area contributed by atoms with E-state index in [0.717, 1.165) is 47.9 Å². The Morgan fingerprint density at radius 1 is 0.878 bits per heavy atom. The summed E-state index contributed by atoms with van der Waals surface area (Å²) >= 11 is 0. The number of nitrogens with one attached hydrogen (secondary N) is 2. The average molecular weight is 566 g/mol. The Morgan fingerprint density at radius 3 is 2.10 bits per heavy atom. The predicted octanol–water partition coefficient (Wildman–Crippen LogP) is 6.80. The number of hydrogen-bond acceptors (Lipinski definition) is 4. The molecule has 2 aromatic carbocycles. The van der Waals surface area contributed by atoms with Crippen LogP contribution in [0.15, 0.2) is 48.5 Å². The number of ether oxygens (including phenoxy) is 1. The number of aryl methyl sites for hydroxylation is 2. The molecule has 7 nitrogen and oxygen atoms in total. The van der Waals surface area contributed by atoms with E-state index >= 15 is 0 Å².